The molecule has 0 bridgehead atoms. The van der Waals surface area contributed by atoms with Crippen LogP contribution >= 0.6 is 0 Å². The van der Waals surface area contributed by atoms with Gasteiger partial charge in [-0.1, -0.05) is 38.1 Å². The monoisotopic (exact) mass is 307 g/mol. The molecule has 0 spiro atoms. The lowest BCUT2D eigenvalue weighted by Crippen LogP contribution is -2.06. The third kappa shape index (κ3) is 3.42. The number of hydrogen-bond acceptors (Lipinski definition) is 4. The third-order valence-electron chi connectivity index (χ3n) is 3.73. The van der Waals surface area contributed by atoms with Gasteiger partial charge in [0.25, 0.3) is 0 Å². The van der Waals surface area contributed by atoms with E-state index in [9.17, 15) is 0 Å². The second-order valence-electron chi connectivity index (χ2n) is 5.81. The van der Waals surface area contributed by atoms with Crippen molar-refractivity contribution in [2.24, 2.45) is 0 Å². The van der Waals surface area contributed by atoms with Crippen molar-refractivity contribution < 1.29 is 4.74 Å². The smallest absolute Gasteiger partial charge is 0.137 e. The highest BCUT2D eigenvalue weighted by molar-refractivity contribution is 5.89. The van der Waals surface area contributed by atoms with Crippen LogP contribution in [0.3, 0.4) is 0 Å². The normalized spacial score (nSPS) is 11.0. The van der Waals surface area contributed by atoms with Gasteiger partial charge in [-0.15, -0.1) is 0 Å². The number of fused-ring (bicyclic) bond motifs is 1. The molecule has 0 atom stereocenters. The molecule has 1 N–H and O–H groups in total. The van der Waals surface area contributed by atoms with Crippen molar-refractivity contribution in [2.45, 2.75) is 26.3 Å². The van der Waals surface area contributed by atoms with E-state index in [-0.39, 0.29) is 5.92 Å². The zero-order chi connectivity index (χ0) is 16.2. The second kappa shape index (κ2) is 6.65. The number of methoxy groups -OCH3 is 1. The Labute approximate surface area is 136 Å². The first-order valence-corrected chi connectivity index (χ1v) is 7.81. The molecule has 1 aromatic heterocycles. The lowest BCUT2D eigenvalue weighted by atomic mass is 10.1. The molecule has 3 aromatic rings. The fourth-order valence-electron chi connectivity index (χ4n) is 2.46. The quantitative estimate of drug-likeness (QED) is 0.760. The maximum Gasteiger partial charge on any atom is 0.137 e. The first-order chi connectivity index (χ1) is 11.2. The van der Waals surface area contributed by atoms with Crippen molar-refractivity contribution in [3.05, 3.63) is 59.9 Å². The molecular formula is C19H21N3O. The average molecular weight is 307 g/mol. The summed E-state index contributed by atoms with van der Waals surface area (Å²) in [5.74, 6) is 2.88. The molecule has 0 aliphatic heterocycles. The molecule has 1 heterocycles. The van der Waals surface area contributed by atoms with Crippen molar-refractivity contribution in [2.75, 3.05) is 12.4 Å². The number of hydrogen-bond donors (Lipinski definition) is 1. The van der Waals surface area contributed by atoms with Gasteiger partial charge in [0.15, 0.2) is 0 Å². The molecule has 0 aliphatic rings. The minimum atomic E-state index is 0.289. The first-order valence-electron chi connectivity index (χ1n) is 7.81. The Balaban J connectivity index is 1.92. The van der Waals surface area contributed by atoms with E-state index in [1.54, 1.807) is 7.11 Å². The van der Waals surface area contributed by atoms with Crippen LogP contribution in [-0.4, -0.2) is 17.1 Å². The minimum Gasteiger partial charge on any atom is -0.497 e. The molecular weight excluding hydrogens is 286 g/mol. The first kappa shape index (κ1) is 15.3. The summed E-state index contributed by atoms with van der Waals surface area (Å²) in [6, 6.07) is 16.1. The van der Waals surface area contributed by atoms with Crippen LogP contribution in [0.1, 0.15) is 31.2 Å². The number of aromatic nitrogens is 2. The van der Waals surface area contributed by atoms with Crippen LogP contribution in [0, 0.1) is 0 Å². The van der Waals surface area contributed by atoms with Gasteiger partial charge in [0.1, 0.15) is 17.4 Å². The zero-order valence-electron chi connectivity index (χ0n) is 13.7. The molecule has 0 aliphatic carbocycles. The fraction of sp³-hybridized carbons (Fsp3) is 0.263. The number of nitrogens with zero attached hydrogens (tertiary/aromatic N) is 2. The Hall–Kier alpha value is -2.62. The minimum absolute atomic E-state index is 0.289. The predicted molar refractivity (Wildman–Crippen MR) is 93.9 cm³/mol. The Morgan fingerprint density at radius 2 is 1.87 bits per heavy atom. The van der Waals surface area contributed by atoms with Gasteiger partial charge in [0.2, 0.25) is 0 Å². The van der Waals surface area contributed by atoms with Crippen molar-refractivity contribution in [3.63, 3.8) is 0 Å². The molecule has 0 unspecified atom stereocenters. The van der Waals surface area contributed by atoms with E-state index >= 15 is 0 Å². The summed E-state index contributed by atoms with van der Waals surface area (Å²) in [5.41, 5.74) is 2.12. The summed E-state index contributed by atoms with van der Waals surface area (Å²) in [7, 11) is 1.68. The highest BCUT2D eigenvalue weighted by Gasteiger charge is 2.10. The van der Waals surface area contributed by atoms with E-state index in [1.807, 2.05) is 42.5 Å². The Bertz CT molecular complexity index is 815. The molecule has 23 heavy (non-hydrogen) atoms. The van der Waals surface area contributed by atoms with Gasteiger partial charge >= 0.3 is 0 Å². The summed E-state index contributed by atoms with van der Waals surface area (Å²) in [4.78, 5) is 9.35. The maximum atomic E-state index is 5.27. The summed E-state index contributed by atoms with van der Waals surface area (Å²) in [6.07, 6.45) is 0. The Morgan fingerprint density at radius 1 is 1.04 bits per heavy atom. The standard InChI is InChI=1S/C19H21N3O/c1-13(2)18-21-17-10-5-4-9-16(17)19(22-18)20-12-14-7-6-8-15(11-14)23-3/h4-11,13H,12H2,1-3H3,(H,20,21,22). The van der Waals surface area contributed by atoms with E-state index in [2.05, 4.69) is 30.2 Å². The van der Waals surface area contributed by atoms with Crippen LogP contribution < -0.4 is 10.1 Å². The van der Waals surface area contributed by atoms with Crippen LogP contribution in [-0.2, 0) is 6.54 Å². The number of rotatable bonds is 5. The lowest BCUT2D eigenvalue weighted by Gasteiger charge is -2.12. The zero-order valence-corrected chi connectivity index (χ0v) is 13.7. The van der Waals surface area contributed by atoms with Crippen molar-refractivity contribution in [3.8, 4) is 5.75 Å². The molecule has 4 nitrogen and oxygen atoms in total. The van der Waals surface area contributed by atoms with E-state index < -0.39 is 0 Å². The lowest BCUT2D eigenvalue weighted by molar-refractivity contribution is 0.414. The summed E-state index contributed by atoms with van der Waals surface area (Å²) in [6.45, 7) is 4.90. The SMILES string of the molecule is COc1cccc(CNc2nc(C(C)C)nc3ccccc23)c1. The second-order valence-corrected chi connectivity index (χ2v) is 5.81. The number of anilines is 1. The van der Waals surface area contributed by atoms with Gasteiger partial charge in [0, 0.05) is 17.8 Å². The summed E-state index contributed by atoms with van der Waals surface area (Å²) >= 11 is 0. The van der Waals surface area contributed by atoms with E-state index in [4.69, 9.17) is 9.72 Å². The van der Waals surface area contributed by atoms with Crippen LogP contribution in [0.4, 0.5) is 5.82 Å². The molecule has 2 aromatic carbocycles. The van der Waals surface area contributed by atoms with Gasteiger partial charge < -0.3 is 10.1 Å². The van der Waals surface area contributed by atoms with Crippen molar-refractivity contribution in [1.29, 1.82) is 0 Å². The van der Waals surface area contributed by atoms with Crippen molar-refractivity contribution in [1.82, 2.24) is 9.97 Å². The highest BCUT2D eigenvalue weighted by Crippen LogP contribution is 2.23. The molecule has 0 amide bonds. The topological polar surface area (TPSA) is 47.0 Å². The number of ether oxygens (including phenoxy) is 1. The van der Waals surface area contributed by atoms with E-state index in [1.165, 1.54) is 0 Å². The predicted octanol–water partition coefficient (Wildman–Crippen LogP) is 4.37. The van der Waals surface area contributed by atoms with E-state index in [0.29, 0.717) is 6.54 Å². The van der Waals surface area contributed by atoms with Crippen LogP contribution in [0.25, 0.3) is 10.9 Å². The van der Waals surface area contributed by atoms with Crippen molar-refractivity contribution >= 4 is 16.7 Å². The summed E-state index contributed by atoms with van der Waals surface area (Å²) < 4.78 is 5.27. The molecule has 0 saturated carbocycles. The molecule has 4 heteroatoms. The number of benzene rings is 2. The van der Waals surface area contributed by atoms with E-state index in [0.717, 1.165) is 33.9 Å². The van der Waals surface area contributed by atoms with Gasteiger partial charge in [-0.2, -0.15) is 0 Å². The third-order valence-corrected chi connectivity index (χ3v) is 3.73. The van der Waals surface area contributed by atoms with Gasteiger partial charge in [0.05, 0.1) is 12.6 Å². The highest BCUT2D eigenvalue weighted by atomic mass is 16.5. The maximum absolute atomic E-state index is 5.27. The Morgan fingerprint density at radius 3 is 2.65 bits per heavy atom. The van der Waals surface area contributed by atoms with Gasteiger partial charge in [-0.3, -0.25) is 0 Å². The average Bonchev–Trinajstić information content (AvgIpc) is 2.59. The molecule has 3 rings (SSSR count). The molecule has 0 saturated heterocycles. The number of para-hydroxylation sites is 1. The number of nitrogens with one attached hydrogen (secondary N) is 1. The molecule has 0 radical (unpaired) electrons. The fourth-order valence-corrected chi connectivity index (χ4v) is 2.46. The molecule has 118 valence electrons. The van der Waals surface area contributed by atoms with Gasteiger partial charge in [-0.25, -0.2) is 9.97 Å². The molecule has 0 fully saturated rings. The van der Waals surface area contributed by atoms with Crippen LogP contribution in [0.15, 0.2) is 48.5 Å². The Kier molecular flexibility index (Phi) is 4.42. The van der Waals surface area contributed by atoms with Gasteiger partial charge in [-0.05, 0) is 29.8 Å². The largest absolute Gasteiger partial charge is 0.497 e. The van der Waals surface area contributed by atoms with Crippen LogP contribution in [0.5, 0.6) is 5.75 Å². The summed E-state index contributed by atoms with van der Waals surface area (Å²) in [5, 5.41) is 4.49. The van der Waals surface area contributed by atoms with Crippen LogP contribution in [0.2, 0.25) is 0 Å².